The number of hydrogen-bond donors (Lipinski definition) is 0. The maximum atomic E-state index is 12.7. The average Bonchev–Trinajstić information content (AvgIpc) is 2.71. The highest BCUT2D eigenvalue weighted by Crippen LogP contribution is 2.24. The summed E-state index contributed by atoms with van der Waals surface area (Å²) in [6.07, 6.45) is 1.43. The zero-order valence-corrected chi connectivity index (χ0v) is 17.4. The van der Waals surface area contributed by atoms with Gasteiger partial charge in [-0.25, -0.2) is 0 Å². The van der Waals surface area contributed by atoms with Crippen molar-refractivity contribution in [1.82, 2.24) is 9.80 Å². The van der Waals surface area contributed by atoms with Gasteiger partial charge in [0, 0.05) is 45.0 Å². The standard InChI is InChI=1S/C22H33N3O3/c1-4-28-22(27)19-8-10-25(11-9-19)21(26)16-23-12-14-24(15-13-23)20-7-5-6-17(2)18(20)3/h5-7,19H,4,8-16H2,1-3H3. The van der Waals surface area contributed by atoms with Gasteiger partial charge in [-0.15, -0.1) is 0 Å². The zero-order chi connectivity index (χ0) is 20.1. The van der Waals surface area contributed by atoms with Gasteiger partial charge in [0.25, 0.3) is 0 Å². The summed E-state index contributed by atoms with van der Waals surface area (Å²) in [5, 5.41) is 0. The van der Waals surface area contributed by atoms with Gasteiger partial charge in [-0.2, -0.15) is 0 Å². The molecule has 0 radical (unpaired) electrons. The summed E-state index contributed by atoms with van der Waals surface area (Å²) < 4.78 is 5.11. The Bertz CT molecular complexity index is 690. The fraction of sp³-hybridized carbons (Fsp3) is 0.636. The maximum Gasteiger partial charge on any atom is 0.309 e. The molecule has 3 rings (SSSR count). The number of piperazine rings is 1. The number of anilines is 1. The predicted octanol–water partition coefficient (Wildman–Crippen LogP) is 2.23. The lowest BCUT2D eigenvalue weighted by Gasteiger charge is -2.38. The molecule has 0 spiro atoms. The minimum Gasteiger partial charge on any atom is -0.466 e. The van der Waals surface area contributed by atoms with Crippen molar-refractivity contribution < 1.29 is 14.3 Å². The Labute approximate surface area is 168 Å². The molecular weight excluding hydrogens is 354 g/mol. The second-order valence-corrected chi connectivity index (χ2v) is 7.89. The molecule has 2 aliphatic heterocycles. The normalized spacial score (nSPS) is 19.0. The molecule has 28 heavy (non-hydrogen) atoms. The molecule has 1 aromatic carbocycles. The van der Waals surface area contributed by atoms with Crippen LogP contribution >= 0.6 is 0 Å². The molecule has 6 heteroatoms. The monoisotopic (exact) mass is 387 g/mol. The number of esters is 1. The molecular formula is C22H33N3O3. The summed E-state index contributed by atoms with van der Waals surface area (Å²) in [5.41, 5.74) is 3.98. The zero-order valence-electron chi connectivity index (χ0n) is 17.4. The molecule has 0 aliphatic carbocycles. The summed E-state index contributed by atoms with van der Waals surface area (Å²) in [5.74, 6) is 0.0183. The molecule has 154 valence electrons. The number of amides is 1. The lowest BCUT2D eigenvalue weighted by atomic mass is 9.97. The van der Waals surface area contributed by atoms with Crippen LogP contribution in [-0.2, 0) is 14.3 Å². The van der Waals surface area contributed by atoms with E-state index in [1.54, 1.807) is 0 Å². The number of aryl methyl sites for hydroxylation is 1. The van der Waals surface area contributed by atoms with E-state index in [1.165, 1.54) is 16.8 Å². The lowest BCUT2D eigenvalue weighted by Crippen LogP contribution is -2.51. The Morgan fingerprint density at radius 2 is 1.71 bits per heavy atom. The predicted molar refractivity (Wildman–Crippen MR) is 111 cm³/mol. The first-order valence-electron chi connectivity index (χ1n) is 10.5. The van der Waals surface area contributed by atoms with E-state index in [1.807, 2.05) is 11.8 Å². The molecule has 6 nitrogen and oxygen atoms in total. The van der Waals surface area contributed by atoms with Gasteiger partial charge in [0.05, 0.1) is 19.1 Å². The van der Waals surface area contributed by atoms with Gasteiger partial charge in [-0.05, 0) is 50.8 Å². The molecule has 2 aliphatic rings. The number of benzene rings is 1. The lowest BCUT2D eigenvalue weighted by molar-refractivity contribution is -0.151. The van der Waals surface area contributed by atoms with E-state index in [2.05, 4.69) is 41.8 Å². The first-order valence-corrected chi connectivity index (χ1v) is 10.5. The molecule has 1 aromatic rings. The third-order valence-electron chi connectivity index (χ3n) is 6.12. The fourth-order valence-corrected chi connectivity index (χ4v) is 4.14. The van der Waals surface area contributed by atoms with Crippen molar-refractivity contribution in [3.63, 3.8) is 0 Å². The molecule has 0 aromatic heterocycles. The number of carbonyl (C=O) groups is 2. The van der Waals surface area contributed by atoms with Gasteiger partial charge < -0.3 is 14.5 Å². The second kappa shape index (κ2) is 9.41. The van der Waals surface area contributed by atoms with Crippen molar-refractivity contribution in [3.8, 4) is 0 Å². The Hall–Kier alpha value is -2.08. The summed E-state index contributed by atoms with van der Waals surface area (Å²) >= 11 is 0. The minimum absolute atomic E-state index is 0.0508. The number of hydrogen-bond acceptors (Lipinski definition) is 5. The molecule has 0 bridgehead atoms. The van der Waals surface area contributed by atoms with Crippen molar-refractivity contribution in [1.29, 1.82) is 0 Å². The van der Waals surface area contributed by atoms with Crippen LogP contribution in [0.4, 0.5) is 5.69 Å². The number of rotatable bonds is 5. The molecule has 2 fully saturated rings. The van der Waals surface area contributed by atoms with Crippen molar-refractivity contribution in [2.45, 2.75) is 33.6 Å². The number of piperidine rings is 1. The molecule has 0 N–H and O–H groups in total. The summed E-state index contributed by atoms with van der Waals surface area (Å²) in [6, 6.07) is 6.46. The van der Waals surface area contributed by atoms with Gasteiger partial charge in [0.15, 0.2) is 0 Å². The van der Waals surface area contributed by atoms with Crippen molar-refractivity contribution >= 4 is 17.6 Å². The summed E-state index contributed by atoms with van der Waals surface area (Å²) in [4.78, 5) is 31.1. The van der Waals surface area contributed by atoms with Crippen LogP contribution in [0.3, 0.4) is 0 Å². The van der Waals surface area contributed by atoms with Crippen LogP contribution in [0.1, 0.15) is 30.9 Å². The molecule has 2 heterocycles. The van der Waals surface area contributed by atoms with Crippen molar-refractivity contribution in [2.75, 3.05) is 57.3 Å². The van der Waals surface area contributed by atoms with Gasteiger partial charge in [-0.1, -0.05) is 12.1 Å². The topological polar surface area (TPSA) is 53.1 Å². The molecule has 2 saturated heterocycles. The highest BCUT2D eigenvalue weighted by atomic mass is 16.5. The van der Waals surface area contributed by atoms with E-state index in [4.69, 9.17) is 4.74 Å². The average molecular weight is 388 g/mol. The van der Waals surface area contributed by atoms with Crippen molar-refractivity contribution in [3.05, 3.63) is 29.3 Å². The maximum absolute atomic E-state index is 12.7. The molecule has 0 atom stereocenters. The number of likely N-dealkylation sites (tertiary alicyclic amines) is 1. The van der Waals surface area contributed by atoms with Crippen molar-refractivity contribution in [2.24, 2.45) is 5.92 Å². The van der Waals surface area contributed by atoms with E-state index in [0.29, 0.717) is 39.1 Å². The van der Waals surface area contributed by atoms with E-state index < -0.39 is 0 Å². The van der Waals surface area contributed by atoms with E-state index >= 15 is 0 Å². The first kappa shape index (κ1) is 20.6. The first-order chi connectivity index (χ1) is 13.5. The second-order valence-electron chi connectivity index (χ2n) is 7.89. The van der Waals surface area contributed by atoms with Crippen LogP contribution in [0.5, 0.6) is 0 Å². The highest BCUT2D eigenvalue weighted by Gasteiger charge is 2.29. The summed E-state index contributed by atoms with van der Waals surface area (Å²) in [7, 11) is 0. The van der Waals surface area contributed by atoms with E-state index in [0.717, 1.165) is 26.2 Å². The highest BCUT2D eigenvalue weighted by molar-refractivity contribution is 5.79. The quantitative estimate of drug-likeness (QED) is 0.725. The third kappa shape index (κ3) is 4.85. The van der Waals surface area contributed by atoms with Gasteiger partial charge in [0.2, 0.25) is 5.91 Å². The van der Waals surface area contributed by atoms with Gasteiger partial charge >= 0.3 is 5.97 Å². The van der Waals surface area contributed by atoms with Gasteiger partial charge in [-0.3, -0.25) is 14.5 Å². The Kier molecular flexibility index (Phi) is 6.94. The smallest absolute Gasteiger partial charge is 0.309 e. The Morgan fingerprint density at radius 3 is 2.36 bits per heavy atom. The Balaban J connectivity index is 1.44. The third-order valence-corrected chi connectivity index (χ3v) is 6.12. The number of nitrogens with zero attached hydrogens (tertiary/aromatic N) is 3. The fourth-order valence-electron chi connectivity index (χ4n) is 4.14. The molecule has 0 saturated carbocycles. The van der Waals surface area contributed by atoms with Crippen LogP contribution in [0.25, 0.3) is 0 Å². The number of ether oxygens (including phenoxy) is 1. The number of carbonyl (C=O) groups excluding carboxylic acids is 2. The Morgan fingerprint density at radius 1 is 1.04 bits per heavy atom. The minimum atomic E-state index is -0.114. The van der Waals surface area contributed by atoms with Crippen LogP contribution in [0.15, 0.2) is 18.2 Å². The van der Waals surface area contributed by atoms with Crippen LogP contribution in [0.2, 0.25) is 0 Å². The summed E-state index contributed by atoms with van der Waals surface area (Å²) in [6.45, 7) is 12.1. The molecule has 1 amide bonds. The van der Waals surface area contributed by atoms with Crippen LogP contribution in [0, 0.1) is 19.8 Å². The largest absolute Gasteiger partial charge is 0.466 e. The van der Waals surface area contributed by atoms with Gasteiger partial charge in [0.1, 0.15) is 0 Å². The van der Waals surface area contributed by atoms with Crippen LogP contribution in [-0.4, -0.2) is 74.1 Å². The van der Waals surface area contributed by atoms with E-state index in [-0.39, 0.29) is 17.8 Å². The molecule has 0 unspecified atom stereocenters. The van der Waals surface area contributed by atoms with Crippen LogP contribution < -0.4 is 4.90 Å². The van der Waals surface area contributed by atoms with E-state index in [9.17, 15) is 9.59 Å². The SMILES string of the molecule is CCOC(=O)C1CCN(C(=O)CN2CCN(c3cccc(C)c3C)CC2)CC1.